The number of rotatable bonds is 7. The largest absolute Gasteiger partial charge is 0.455 e. The van der Waals surface area contributed by atoms with Gasteiger partial charge in [0.2, 0.25) is 0 Å². The molecule has 10 aromatic carbocycles. The van der Waals surface area contributed by atoms with Gasteiger partial charge in [-0.05, 0) is 52.4 Å². The van der Waals surface area contributed by atoms with Crippen LogP contribution in [0.5, 0.6) is 0 Å². The van der Waals surface area contributed by atoms with E-state index in [2.05, 4.69) is 223 Å². The lowest BCUT2D eigenvalue weighted by atomic mass is 9.97. The number of benzene rings is 10. The Bertz CT molecular complexity index is 3580. The normalized spacial score (nSPS) is 11.6. The molecule has 2 aromatic heterocycles. The van der Waals surface area contributed by atoms with E-state index in [-0.39, 0.29) is 0 Å². The van der Waals surface area contributed by atoms with Crippen LogP contribution in [0.3, 0.4) is 0 Å². The molecule has 0 spiro atoms. The van der Waals surface area contributed by atoms with Crippen LogP contribution in [-0.2, 0) is 0 Å². The van der Waals surface area contributed by atoms with Crippen molar-refractivity contribution in [2.45, 2.75) is 0 Å². The predicted octanol–water partition coefficient (Wildman–Crippen LogP) is 16.8. The summed E-state index contributed by atoms with van der Waals surface area (Å²) in [6.07, 6.45) is 0. The Kier molecular flexibility index (Phi) is 8.17. The Labute approximate surface area is 353 Å². The summed E-state index contributed by atoms with van der Waals surface area (Å²) < 4.78 is 13.7. The molecule has 0 N–H and O–H groups in total. The van der Waals surface area contributed by atoms with E-state index in [0.29, 0.717) is 0 Å². The lowest BCUT2D eigenvalue weighted by Crippen LogP contribution is -2.12. The Morgan fingerprint density at radius 1 is 0.246 bits per heavy atom. The van der Waals surface area contributed by atoms with Gasteiger partial charge in [-0.2, -0.15) is 0 Å². The molecule has 286 valence electrons. The number of anilines is 3. The lowest BCUT2D eigenvalue weighted by molar-refractivity contribution is 0.671. The van der Waals surface area contributed by atoms with Crippen molar-refractivity contribution < 1.29 is 8.83 Å². The van der Waals surface area contributed by atoms with Gasteiger partial charge in [0.25, 0.3) is 0 Å². The molecule has 0 saturated carbocycles. The Morgan fingerprint density at radius 2 is 0.672 bits per heavy atom. The number of para-hydroxylation sites is 5. The molecule has 0 radical (unpaired) electrons. The fourth-order valence-corrected chi connectivity index (χ4v) is 9.26. The zero-order chi connectivity index (χ0) is 40.3. The van der Waals surface area contributed by atoms with Gasteiger partial charge < -0.3 is 13.7 Å². The molecule has 0 aliphatic rings. The third-order valence-electron chi connectivity index (χ3n) is 12.1. The van der Waals surface area contributed by atoms with E-state index in [1.165, 1.54) is 0 Å². The second-order valence-corrected chi connectivity index (χ2v) is 15.6. The van der Waals surface area contributed by atoms with Gasteiger partial charge in [-0.15, -0.1) is 0 Å². The summed E-state index contributed by atoms with van der Waals surface area (Å²) in [4.78, 5) is 2.40. The average Bonchev–Trinajstić information content (AvgIpc) is 3.92. The summed E-state index contributed by atoms with van der Waals surface area (Å²) in [5, 5.41) is 6.72. The molecule has 0 atom stereocenters. The zero-order valence-corrected chi connectivity index (χ0v) is 33.1. The highest BCUT2D eigenvalue weighted by molar-refractivity contribution is 6.18. The van der Waals surface area contributed by atoms with E-state index in [1.54, 1.807) is 0 Å². The van der Waals surface area contributed by atoms with Gasteiger partial charge in [-0.1, -0.05) is 194 Å². The molecule has 3 heteroatoms. The number of nitrogens with zero attached hydrogens (tertiary/aromatic N) is 1. The molecule has 0 saturated heterocycles. The highest BCUT2D eigenvalue weighted by Gasteiger charge is 2.23. The van der Waals surface area contributed by atoms with Gasteiger partial charge in [0, 0.05) is 60.4 Å². The maximum Gasteiger partial charge on any atom is 0.143 e. The minimum Gasteiger partial charge on any atom is -0.455 e. The quantitative estimate of drug-likeness (QED) is 0.161. The van der Waals surface area contributed by atoms with Crippen LogP contribution >= 0.6 is 0 Å². The van der Waals surface area contributed by atoms with Crippen molar-refractivity contribution in [3.63, 3.8) is 0 Å². The summed E-state index contributed by atoms with van der Waals surface area (Å²) >= 11 is 0. The van der Waals surface area contributed by atoms with Crippen LogP contribution in [0.25, 0.3) is 99.2 Å². The van der Waals surface area contributed by atoms with Crippen molar-refractivity contribution in [1.29, 1.82) is 0 Å². The van der Waals surface area contributed by atoms with E-state index in [4.69, 9.17) is 8.83 Å². The maximum absolute atomic E-state index is 6.92. The SMILES string of the molecule is c1ccc(-c2ccccc2N(c2ccc(-c3cccc4c3oc3c(-c5ccccc5)cccc34)cc2)c2ccccc2-c2cccc3c2oc2c4ccccc4ccc32)cc1. The first-order valence-corrected chi connectivity index (χ1v) is 20.8. The number of hydrogen-bond donors (Lipinski definition) is 0. The summed E-state index contributed by atoms with van der Waals surface area (Å²) in [5.41, 5.74) is 15.5. The Balaban J connectivity index is 1.04. The topological polar surface area (TPSA) is 29.5 Å². The van der Waals surface area contributed by atoms with Crippen LogP contribution < -0.4 is 4.90 Å². The van der Waals surface area contributed by atoms with Crippen LogP contribution in [0, 0.1) is 0 Å². The molecule has 0 amide bonds. The zero-order valence-electron chi connectivity index (χ0n) is 33.1. The molecule has 12 rings (SSSR count). The maximum atomic E-state index is 6.92. The van der Waals surface area contributed by atoms with Crippen molar-refractivity contribution in [3.05, 3.63) is 224 Å². The van der Waals surface area contributed by atoms with Crippen LogP contribution in [0.4, 0.5) is 17.1 Å². The fraction of sp³-hybridized carbons (Fsp3) is 0. The van der Waals surface area contributed by atoms with Gasteiger partial charge in [0.05, 0.1) is 11.4 Å². The third-order valence-corrected chi connectivity index (χ3v) is 12.1. The highest BCUT2D eigenvalue weighted by atomic mass is 16.3. The van der Waals surface area contributed by atoms with Crippen LogP contribution in [0.1, 0.15) is 0 Å². The molecule has 61 heavy (non-hydrogen) atoms. The van der Waals surface area contributed by atoms with Gasteiger partial charge >= 0.3 is 0 Å². The minimum absolute atomic E-state index is 0.877. The molecule has 12 aromatic rings. The van der Waals surface area contributed by atoms with Crippen LogP contribution in [0.15, 0.2) is 233 Å². The van der Waals surface area contributed by atoms with Gasteiger partial charge in [0.1, 0.15) is 22.3 Å². The second-order valence-electron chi connectivity index (χ2n) is 15.6. The van der Waals surface area contributed by atoms with Crippen molar-refractivity contribution >= 4 is 71.7 Å². The molecule has 0 unspecified atom stereocenters. The molecular formula is C58H37NO2. The molecular weight excluding hydrogens is 743 g/mol. The minimum atomic E-state index is 0.877. The van der Waals surface area contributed by atoms with Gasteiger partial charge in [0.15, 0.2) is 0 Å². The first kappa shape index (κ1) is 34.9. The molecule has 0 aliphatic heterocycles. The number of fused-ring (bicyclic) bond motifs is 8. The van der Waals surface area contributed by atoms with Crippen molar-refractivity contribution in [2.24, 2.45) is 0 Å². The van der Waals surface area contributed by atoms with E-state index < -0.39 is 0 Å². The Hall–Kier alpha value is -8.14. The van der Waals surface area contributed by atoms with E-state index in [0.717, 1.165) is 116 Å². The van der Waals surface area contributed by atoms with E-state index >= 15 is 0 Å². The fourth-order valence-electron chi connectivity index (χ4n) is 9.26. The molecule has 0 fully saturated rings. The molecule has 3 nitrogen and oxygen atoms in total. The van der Waals surface area contributed by atoms with Crippen LogP contribution in [-0.4, -0.2) is 0 Å². The van der Waals surface area contributed by atoms with E-state index in [9.17, 15) is 0 Å². The monoisotopic (exact) mass is 779 g/mol. The van der Waals surface area contributed by atoms with Gasteiger partial charge in [-0.3, -0.25) is 0 Å². The average molecular weight is 780 g/mol. The second kappa shape index (κ2) is 14.3. The van der Waals surface area contributed by atoms with Crippen molar-refractivity contribution in [2.75, 3.05) is 4.90 Å². The first-order valence-electron chi connectivity index (χ1n) is 20.8. The standard InChI is InChI=1S/C58H37NO2/c1-3-16-38(17-4-1)43-21-9-11-30-53(43)59(54-31-12-10-23-47(54)48-26-15-29-51-52-37-34-40-20-7-8-22-44(40)57(52)61-58(48)51)42-35-32-41(33-36-42)46-25-14-28-50-49-27-13-24-45(55(49)60-56(46)50)39-18-5-2-6-19-39/h1-37H. The van der Waals surface area contributed by atoms with Crippen LogP contribution in [0.2, 0.25) is 0 Å². The van der Waals surface area contributed by atoms with Gasteiger partial charge in [-0.25, -0.2) is 0 Å². The number of furan rings is 2. The summed E-state index contributed by atoms with van der Waals surface area (Å²) in [7, 11) is 0. The van der Waals surface area contributed by atoms with Crippen molar-refractivity contribution in [1.82, 2.24) is 0 Å². The summed E-state index contributed by atoms with van der Waals surface area (Å²) in [5.74, 6) is 0. The molecule has 0 aliphatic carbocycles. The Morgan fingerprint density at radius 3 is 1.33 bits per heavy atom. The predicted molar refractivity (Wildman–Crippen MR) is 255 cm³/mol. The lowest BCUT2D eigenvalue weighted by Gasteiger charge is -2.30. The molecule has 2 heterocycles. The smallest absolute Gasteiger partial charge is 0.143 e. The first-order chi connectivity index (χ1) is 30.3. The molecule has 0 bridgehead atoms. The third kappa shape index (κ3) is 5.74. The summed E-state index contributed by atoms with van der Waals surface area (Å²) in [6, 6.07) is 79.6. The number of hydrogen-bond acceptors (Lipinski definition) is 3. The van der Waals surface area contributed by atoms with E-state index in [1.807, 2.05) is 6.07 Å². The van der Waals surface area contributed by atoms with Crippen molar-refractivity contribution in [3.8, 4) is 44.5 Å². The summed E-state index contributed by atoms with van der Waals surface area (Å²) in [6.45, 7) is 0. The highest BCUT2D eigenvalue weighted by Crippen LogP contribution is 2.48.